The number of nitrogens with zero attached hydrogens (tertiary/aromatic N) is 2. The van der Waals surface area contributed by atoms with E-state index in [9.17, 15) is 32.3 Å². The van der Waals surface area contributed by atoms with E-state index in [4.69, 9.17) is 4.74 Å². The third-order valence-electron chi connectivity index (χ3n) is 8.63. The highest BCUT2D eigenvalue weighted by Gasteiger charge is 2.34. The molecule has 1 heterocycles. The van der Waals surface area contributed by atoms with Gasteiger partial charge in [-0.1, -0.05) is 60.7 Å². The maximum absolute atomic E-state index is 13.7. The molecule has 2 amide bonds. The number of alkyl halides is 3. The van der Waals surface area contributed by atoms with Crippen molar-refractivity contribution in [1.29, 1.82) is 0 Å². The zero-order valence-corrected chi connectivity index (χ0v) is 28.0. The van der Waals surface area contributed by atoms with Crippen LogP contribution < -0.4 is 15.5 Å². The van der Waals surface area contributed by atoms with Crippen molar-refractivity contribution < 1.29 is 41.8 Å². The van der Waals surface area contributed by atoms with Gasteiger partial charge in [0.25, 0.3) is 5.91 Å². The monoisotopic (exact) mass is 702 g/mol. The average molecular weight is 703 g/mol. The third-order valence-corrected chi connectivity index (χ3v) is 8.63. The minimum atomic E-state index is -4.46. The van der Waals surface area contributed by atoms with E-state index in [1.54, 1.807) is 36.4 Å². The van der Waals surface area contributed by atoms with E-state index in [0.717, 1.165) is 23.4 Å². The fourth-order valence-corrected chi connectivity index (χ4v) is 5.96. The molecule has 1 aliphatic heterocycles. The van der Waals surface area contributed by atoms with Gasteiger partial charge in [-0.3, -0.25) is 19.3 Å². The quantitative estimate of drug-likeness (QED) is 0.191. The lowest BCUT2D eigenvalue weighted by Gasteiger charge is -2.40. The van der Waals surface area contributed by atoms with Crippen LogP contribution in [0.15, 0.2) is 103 Å². The Bertz CT molecular complexity index is 1830. The number of carbonyl (C=O) groups is 4. The molecule has 4 aromatic carbocycles. The van der Waals surface area contributed by atoms with Gasteiger partial charge in [0, 0.05) is 43.1 Å². The van der Waals surface area contributed by atoms with E-state index < -0.39 is 47.6 Å². The maximum atomic E-state index is 13.7. The smallest absolute Gasteiger partial charge is 0.416 e. The van der Waals surface area contributed by atoms with Gasteiger partial charge in [-0.25, -0.2) is 4.79 Å². The summed E-state index contributed by atoms with van der Waals surface area (Å²) in [5.41, 5.74) is 2.71. The normalized spacial score (nSPS) is 14.6. The van der Waals surface area contributed by atoms with Crippen LogP contribution in [-0.2, 0) is 30.0 Å². The molecule has 0 aliphatic carbocycles. The van der Waals surface area contributed by atoms with Crippen LogP contribution in [0.4, 0.5) is 24.5 Å². The Morgan fingerprint density at radius 2 is 1.39 bits per heavy atom. The number of halogens is 3. The van der Waals surface area contributed by atoms with Crippen LogP contribution in [0.2, 0.25) is 0 Å². The first-order valence-electron chi connectivity index (χ1n) is 16.2. The molecule has 10 nitrogen and oxygen atoms in total. The van der Waals surface area contributed by atoms with Crippen molar-refractivity contribution in [3.05, 3.63) is 120 Å². The van der Waals surface area contributed by atoms with Crippen LogP contribution in [0.5, 0.6) is 0 Å². The van der Waals surface area contributed by atoms with Crippen LogP contribution in [0.25, 0.3) is 11.1 Å². The number of carbonyl (C=O) groups excluding carboxylic acids is 4. The number of nitrogens with one attached hydrogen (secondary N) is 2. The summed E-state index contributed by atoms with van der Waals surface area (Å²) >= 11 is 0. The number of esters is 2. The lowest BCUT2D eigenvalue weighted by molar-refractivity contribution is -0.151. The van der Waals surface area contributed by atoms with E-state index >= 15 is 0 Å². The molecule has 4 aromatic rings. The molecule has 1 aliphatic rings. The summed E-state index contributed by atoms with van der Waals surface area (Å²) in [5.74, 6) is -2.27. The molecule has 13 heteroatoms. The molecule has 0 spiro atoms. The van der Waals surface area contributed by atoms with Crippen LogP contribution in [0, 0.1) is 0 Å². The summed E-state index contributed by atoms with van der Waals surface area (Å²) in [6.07, 6.45) is -4.83. The van der Waals surface area contributed by atoms with Crippen molar-refractivity contribution in [3.8, 4) is 11.1 Å². The second-order valence-electron chi connectivity index (χ2n) is 11.8. The molecule has 0 saturated carbocycles. The predicted molar refractivity (Wildman–Crippen MR) is 185 cm³/mol. The summed E-state index contributed by atoms with van der Waals surface area (Å²) in [7, 11) is 2.38. The van der Waals surface area contributed by atoms with Crippen LogP contribution >= 0.6 is 0 Å². The van der Waals surface area contributed by atoms with Crippen LogP contribution in [-0.4, -0.2) is 75.1 Å². The number of hydrogen-bond acceptors (Lipinski definition) is 8. The molecular formula is C38H37F3N4O6. The summed E-state index contributed by atoms with van der Waals surface area (Å²) in [4.78, 5) is 55.4. The Kier molecular flexibility index (Phi) is 11.7. The van der Waals surface area contributed by atoms with E-state index in [1.807, 2.05) is 47.4 Å². The standard InChI is InChI=1S/C38H37F3N4O6/c1-50-33(46)24-32(37(49)51-2)43-36(48)34(26-8-4-3-5-9-26)45-22-20-44(21-23-45)29-18-16-28(17-19-29)42-35(47)31-11-7-6-10-30(31)25-12-14-27(15-13-25)38(39,40)41/h3-19,32,34H,20-24H2,1-2H3,(H,42,47)(H,43,48). The minimum Gasteiger partial charge on any atom is -0.469 e. The molecule has 266 valence electrons. The fourth-order valence-electron chi connectivity index (χ4n) is 5.96. The Labute approximate surface area is 293 Å². The highest BCUT2D eigenvalue weighted by atomic mass is 19.4. The van der Waals surface area contributed by atoms with Crippen molar-refractivity contribution in [1.82, 2.24) is 10.2 Å². The molecule has 0 aromatic heterocycles. The Balaban J connectivity index is 1.24. The van der Waals surface area contributed by atoms with E-state index in [-0.39, 0.29) is 6.42 Å². The van der Waals surface area contributed by atoms with Gasteiger partial charge in [0.2, 0.25) is 5.91 Å². The molecule has 5 rings (SSSR count). The summed E-state index contributed by atoms with van der Waals surface area (Å²) < 4.78 is 48.7. The highest BCUT2D eigenvalue weighted by Crippen LogP contribution is 2.32. The number of piperazine rings is 1. The summed E-state index contributed by atoms with van der Waals surface area (Å²) in [6, 6.07) is 25.9. The zero-order chi connectivity index (χ0) is 36.5. The van der Waals surface area contributed by atoms with Crippen molar-refractivity contribution in [2.75, 3.05) is 50.6 Å². The Hall–Kier alpha value is -5.69. The minimum absolute atomic E-state index is 0.317. The summed E-state index contributed by atoms with van der Waals surface area (Å²) in [5, 5.41) is 5.56. The molecule has 0 radical (unpaired) electrons. The molecule has 0 bridgehead atoms. The Morgan fingerprint density at radius 3 is 2.00 bits per heavy atom. The second kappa shape index (κ2) is 16.3. The van der Waals surface area contributed by atoms with E-state index in [0.29, 0.717) is 48.6 Å². The number of methoxy groups -OCH3 is 2. The first-order chi connectivity index (χ1) is 24.5. The van der Waals surface area contributed by atoms with Crippen molar-refractivity contribution in [3.63, 3.8) is 0 Å². The van der Waals surface area contributed by atoms with Gasteiger partial charge in [-0.15, -0.1) is 0 Å². The highest BCUT2D eigenvalue weighted by molar-refractivity contribution is 6.08. The first kappa shape index (κ1) is 36.6. The number of benzene rings is 4. The molecule has 2 atom stereocenters. The van der Waals surface area contributed by atoms with Gasteiger partial charge in [-0.05, 0) is 59.2 Å². The third kappa shape index (κ3) is 9.11. The molecule has 2 unspecified atom stereocenters. The molecule has 1 saturated heterocycles. The second-order valence-corrected chi connectivity index (χ2v) is 11.8. The lowest BCUT2D eigenvalue weighted by atomic mass is 9.98. The Morgan fingerprint density at radius 1 is 0.765 bits per heavy atom. The van der Waals surface area contributed by atoms with Crippen LogP contribution in [0.1, 0.15) is 33.9 Å². The SMILES string of the molecule is COC(=O)CC(NC(=O)C(c1ccccc1)N1CCN(c2ccc(NC(=O)c3ccccc3-c3ccc(C(F)(F)F)cc3)cc2)CC1)C(=O)OC. The van der Waals surface area contributed by atoms with Crippen LogP contribution in [0.3, 0.4) is 0 Å². The number of ether oxygens (including phenoxy) is 2. The van der Waals surface area contributed by atoms with Gasteiger partial charge < -0.3 is 25.0 Å². The molecular weight excluding hydrogens is 665 g/mol. The lowest BCUT2D eigenvalue weighted by Crippen LogP contribution is -2.53. The predicted octanol–water partition coefficient (Wildman–Crippen LogP) is 5.71. The maximum Gasteiger partial charge on any atom is 0.416 e. The van der Waals surface area contributed by atoms with Gasteiger partial charge in [0.15, 0.2) is 0 Å². The molecule has 51 heavy (non-hydrogen) atoms. The van der Waals surface area contributed by atoms with Crippen molar-refractivity contribution in [2.45, 2.75) is 24.7 Å². The first-order valence-corrected chi connectivity index (χ1v) is 16.2. The van der Waals surface area contributed by atoms with Gasteiger partial charge in [0.05, 0.1) is 26.2 Å². The van der Waals surface area contributed by atoms with E-state index in [2.05, 4.69) is 20.3 Å². The van der Waals surface area contributed by atoms with Gasteiger partial charge in [-0.2, -0.15) is 13.2 Å². The van der Waals surface area contributed by atoms with Gasteiger partial charge in [0.1, 0.15) is 12.1 Å². The summed E-state index contributed by atoms with van der Waals surface area (Å²) in [6.45, 7) is 2.16. The fraction of sp³-hybridized carbons (Fsp3) is 0.263. The van der Waals surface area contributed by atoms with Gasteiger partial charge >= 0.3 is 18.1 Å². The van der Waals surface area contributed by atoms with Crippen molar-refractivity contribution in [2.24, 2.45) is 0 Å². The molecule has 1 fully saturated rings. The largest absolute Gasteiger partial charge is 0.469 e. The zero-order valence-electron chi connectivity index (χ0n) is 28.0. The molecule has 2 N–H and O–H groups in total. The number of hydrogen-bond donors (Lipinski definition) is 2. The van der Waals surface area contributed by atoms with E-state index in [1.165, 1.54) is 26.4 Å². The topological polar surface area (TPSA) is 117 Å². The van der Waals surface area contributed by atoms with Crippen molar-refractivity contribution >= 4 is 35.1 Å². The number of rotatable bonds is 11. The number of anilines is 2. The number of amides is 2. The average Bonchev–Trinajstić information content (AvgIpc) is 3.15.